The first-order chi connectivity index (χ1) is 11.4. The average Bonchev–Trinajstić information content (AvgIpc) is 2.51. The van der Waals surface area contributed by atoms with Crippen molar-refractivity contribution in [2.45, 2.75) is 20.5 Å². The van der Waals surface area contributed by atoms with E-state index in [0.29, 0.717) is 22.6 Å². The fourth-order valence-corrected chi connectivity index (χ4v) is 2.27. The maximum atomic E-state index is 12.0. The number of ether oxygens (including phenoxy) is 1. The zero-order valence-corrected chi connectivity index (χ0v) is 13.1. The van der Waals surface area contributed by atoms with Gasteiger partial charge in [-0.1, -0.05) is 6.07 Å². The van der Waals surface area contributed by atoms with Crippen LogP contribution >= 0.6 is 0 Å². The number of amides is 1. The molecule has 2 aliphatic rings. The highest BCUT2D eigenvalue weighted by Crippen LogP contribution is 2.26. The van der Waals surface area contributed by atoms with Crippen LogP contribution in [-0.4, -0.2) is 16.9 Å². The molecule has 0 aromatic heterocycles. The highest BCUT2D eigenvalue weighted by atomic mass is 16.5. The normalized spacial score (nSPS) is 10.8. The third-order valence-electron chi connectivity index (χ3n) is 3.30. The van der Waals surface area contributed by atoms with E-state index in [1.165, 1.54) is 26.0 Å². The first kappa shape index (κ1) is 15.7. The van der Waals surface area contributed by atoms with Gasteiger partial charge in [0, 0.05) is 19.9 Å². The monoisotopic (exact) mass is 326 g/mol. The molecule has 1 aromatic rings. The molecule has 1 heterocycles. The summed E-state index contributed by atoms with van der Waals surface area (Å²) in [7, 11) is 0. The van der Waals surface area contributed by atoms with Crippen molar-refractivity contribution in [1.82, 2.24) is 4.98 Å². The third-order valence-corrected chi connectivity index (χ3v) is 3.30. The number of aromatic nitrogens is 1. The van der Waals surface area contributed by atoms with Gasteiger partial charge in [-0.05, 0) is 23.8 Å². The fraction of sp³-hybridized carbons (Fsp3) is 0.176. The number of hydrogen-bond acceptors (Lipinski definition) is 6. The molecule has 0 spiro atoms. The van der Waals surface area contributed by atoms with Gasteiger partial charge in [-0.15, -0.1) is 0 Å². The Morgan fingerprint density at radius 2 is 2.00 bits per heavy atom. The molecule has 0 bridgehead atoms. The van der Waals surface area contributed by atoms with Gasteiger partial charge >= 0.3 is 5.97 Å². The Hall–Kier alpha value is -3.22. The summed E-state index contributed by atoms with van der Waals surface area (Å²) in [5, 5.41) is 2.47. The summed E-state index contributed by atoms with van der Waals surface area (Å²) in [5.41, 5.74) is 2.06. The number of fused-ring (bicyclic) bond motifs is 2. The van der Waals surface area contributed by atoms with E-state index in [4.69, 9.17) is 9.15 Å². The Labute approximate surface area is 136 Å². The van der Waals surface area contributed by atoms with Crippen LogP contribution < -0.4 is 10.7 Å². The van der Waals surface area contributed by atoms with Crippen molar-refractivity contribution in [3.63, 3.8) is 0 Å². The van der Waals surface area contributed by atoms with Crippen LogP contribution in [0, 0.1) is 0 Å². The lowest BCUT2D eigenvalue weighted by Gasteiger charge is -2.09. The average molecular weight is 326 g/mol. The number of nitrogens with one attached hydrogen (secondary N) is 1. The van der Waals surface area contributed by atoms with Crippen LogP contribution in [0.2, 0.25) is 0 Å². The predicted octanol–water partition coefficient (Wildman–Crippen LogP) is 2.31. The number of hydrogen-bond donors (Lipinski definition) is 1. The standard InChI is InChI=1S/C17H14N2O5/c1-9(20)18-12-6-14-17(7-15(12)22)24-16-4-3-11(5-13(16)19-14)8-23-10(2)21/h3-7H,8H2,1-2H3,(H,18,20). The summed E-state index contributed by atoms with van der Waals surface area (Å²) >= 11 is 0. The van der Waals surface area contributed by atoms with E-state index in [1.807, 2.05) is 0 Å². The molecule has 0 unspecified atom stereocenters. The minimum atomic E-state index is -0.367. The van der Waals surface area contributed by atoms with E-state index in [-0.39, 0.29) is 29.6 Å². The highest BCUT2D eigenvalue weighted by Gasteiger charge is 2.14. The Morgan fingerprint density at radius 3 is 2.71 bits per heavy atom. The number of nitrogens with zero attached hydrogens (tertiary/aromatic N) is 1. The van der Waals surface area contributed by atoms with Gasteiger partial charge in [0.15, 0.2) is 11.3 Å². The second kappa shape index (κ2) is 6.11. The molecule has 0 fully saturated rings. The Morgan fingerprint density at radius 1 is 1.21 bits per heavy atom. The van der Waals surface area contributed by atoms with Crippen LogP contribution in [0.4, 0.5) is 5.69 Å². The number of esters is 1. The number of rotatable bonds is 3. The van der Waals surface area contributed by atoms with Crippen molar-refractivity contribution in [1.29, 1.82) is 0 Å². The fourth-order valence-electron chi connectivity index (χ4n) is 2.27. The molecule has 122 valence electrons. The summed E-state index contributed by atoms with van der Waals surface area (Å²) < 4.78 is 10.6. The van der Waals surface area contributed by atoms with Crippen molar-refractivity contribution >= 4 is 28.7 Å². The van der Waals surface area contributed by atoms with Gasteiger partial charge in [-0.2, -0.15) is 0 Å². The van der Waals surface area contributed by atoms with Crippen LogP contribution in [0.3, 0.4) is 0 Å². The lowest BCUT2D eigenvalue weighted by molar-refractivity contribution is -0.142. The molecule has 7 nitrogen and oxygen atoms in total. The second-order valence-electron chi connectivity index (χ2n) is 5.29. The van der Waals surface area contributed by atoms with Crippen molar-refractivity contribution in [2.24, 2.45) is 0 Å². The van der Waals surface area contributed by atoms with E-state index in [1.54, 1.807) is 18.2 Å². The minimum absolute atomic E-state index is 0.141. The van der Waals surface area contributed by atoms with Crippen LogP contribution in [0.15, 0.2) is 39.5 Å². The van der Waals surface area contributed by atoms with Crippen LogP contribution in [0.1, 0.15) is 19.4 Å². The zero-order chi connectivity index (χ0) is 17.3. The first-order valence-electron chi connectivity index (χ1n) is 7.21. The summed E-state index contributed by atoms with van der Waals surface area (Å²) in [6, 6.07) is 7.96. The smallest absolute Gasteiger partial charge is 0.302 e. The SMILES string of the molecule is CC(=O)Nc1cc2nc3cc(COC(C)=O)ccc3oc-2cc1=O. The predicted molar refractivity (Wildman–Crippen MR) is 86.7 cm³/mol. The molecule has 24 heavy (non-hydrogen) atoms. The quantitative estimate of drug-likeness (QED) is 0.586. The van der Waals surface area contributed by atoms with Gasteiger partial charge in [-0.25, -0.2) is 4.98 Å². The second-order valence-corrected chi connectivity index (χ2v) is 5.29. The van der Waals surface area contributed by atoms with Gasteiger partial charge in [0.05, 0.1) is 5.69 Å². The maximum Gasteiger partial charge on any atom is 0.302 e. The molecular formula is C17H14N2O5. The number of carbonyl (C=O) groups is 2. The molecule has 0 atom stereocenters. The molecule has 0 saturated heterocycles. The van der Waals surface area contributed by atoms with Gasteiger partial charge < -0.3 is 14.5 Å². The van der Waals surface area contributed by atoms with E-state index in [9.17, 15) is 14.4 Å². The molecule has 7 heteroatoms. The van der Waals surface area contributed by atoms with Gasteiger partial charge in [0.1, 0.15) is 17.8 Å². The van der Waals surface area contributed by atoms with E-state index in [0.717, 1.165) is 5.56 Å². The Balaban J connectivity index is 2.08. The van der Waals surface area contributed by atoms with Crippen molar-refractivity contribution in [3.8, 4) is 11.5 Å². The summed E-state index contributed by atoms with van der Waals surface area (Å²) in [6.07, 6.45) is 0. The summed E-state index contributed by atoms with van der Waals surface area (Å²) in [6.45, 7) is 2.80. The van der Waals surface area contributed by atoms with E-state index in [2.05, 4.69) is 10.3 Å². The highest BCUT2D eigenvalue weighted by molar-refractivity contribution is 5.89. The van der Waals surface area contributed by atoms with Gasteiger partial charge in [0.25, 0.3) is 0 Å². The van der Waals surface area contributed by atoms with E-state index >= 15 is 0 Å². The van der Waals surface area contributed by atoms with Crippen LogP contribution in [0.5, 0.6) is 0 Å². The molecule has 3 rings (SSSR count). The van der Waals surface area contributed by atoms with Crippen molar-refractivity contribution in [2.75, 3.05) is 5.32 Å². The molecule has 1 aliphatic heterocycles. The Kier molecular flexibility index (Phi) is 3.99. The van der Waals surface area contributed by atoms with Crippen LogP contribution in [0.25, 0.3) is 22.6 Å². The largest absolute Gasteiger partial charge is 0.461 e. The molecule has 1 amide bonds. The topological polar surface area (TPSA) is 98.5 Å². The number of anilines is 1. The van der Waals surface area contributed by atoms with Crippen molar-refractivity contribution < 1.29 is 18.7 Å². The lowest BCUT2D eigenvalue weighted by atomic mass is 10.1. The van der Waals surface area contributed by atoms with Crippen molar-refractivity contribution in [3.05, 3.63) is 46.1 Å². The molecule has 1 aliphatic carbocycles. The lowest BCUT2D eigenvalue weighted by Crippen LogP contribution is -2.15. The number of benzene rings is 2. The Bertz CT molecular complexity index is 976. The van der Waals surface area contributed by atoms with E-state index < -0.39 is 0 Å². The number of carbonyl (C=O) groups excluding carboxylic acids is 2. The molecular weight excluding hydrogens is 312 g/mol. The third kappa shape index (κ3) is 3.24. The molecule has 1 aromatic carbocycles. The first-order valence-corrected chi connectivity index (χ1v) is 7.21. The summed E-state index contributed by atoms with van der Waals surface area (Å²) in [4.78, 5) is 38.4. The summed E-state index contributed by atoms with van der Waals surface area (Å²) in [5.74, 6) is -0.378. The minimum Gasteiger partial charge on any atom is -0.461 e. The molecule has 0 saturated carbocycles. The zero-order valence-electron chi connectivity index (χ0n) is 13.1. The van der Waals surface area contributed by atoms with Gasteiger partial charge in [0.2, 0.25) is 11.3 Å². The maximum absolute atomic E-state index is 12.0. The van der Waals surface area contributed by atoms with Crippen LogP contribution in [-0.2, 0) is 20.9 Å². The molecule has 0 radical (unpaired) electrons. The molecule has 1 N–H and O–H groups in total. The van der Waals surface area contributed by atoms with Gasteiger partial charge in [-0.3, -0.25) is 14.4 Å².